The van der Waals surface area contributed by atoms with E-state index in [4.69, 9.17) is 0 Å². The van der Waals surface area contributed by atoms with Gasteiger partial charge in [-0.05, 0) is 12.5 Å². The molecule has 3 unspecified atom stereocenters. The van der Waals surface area contributed by atoms with E-state index in [1.54, 1.807) is 0 Å². The second-order valence-corrected chi connectivity index (χ2v) is 7.73. The summed E-state index contributed by atoms with van der Waals surface area (Å²) in [5.41, 5.74) is 0.714. The van der Waals surface area contributed by atoms with Gasteiger partial charge < -0.3 is 4.79 Å². The van der Waals surface area contributed by atoms with Crippen LogP contribution in [0.15, 0.2) is 30.3 Å². The highest BCUT2D eigenvalue weighted by Gasteiger charge is 2.32. The van der Waals surface area contributed by atoms with E-state index in [1.807, 2.05) is 36.9 Å². The summed E-state index contributed by atoms with van der Waals surface area (Å²) >= 11 is 2.04. The Morgan fingerprint density at radius 3 is 2.37 bits per heavy atom. The number of rotatable bonds is 4. The highest BCUT2D eigenvalue weighted by molar-refractivity contribution is 8.00. The van der Waals surface area contributed by atoms with Crippen molar-refractivity contribution >= 4 is 18.0 Å². The van der Waals surface area contributed by atoms with Crippen molar-refractivity contribution in [3.63, 3.8) is 0 Å². The van der Waals surface area contributed by atoms with Crippen LogP contribution in [-0.2, 0) is 10.2 Å². The third-order valence-electron chi connectivity index (χ3n) is 3.74. The van der Waals surface area contributed by atoms with Crippen LogP contribution in [0.2, 0.25) is 0 Å². The predicted molar refractivity (Wildman–Crippen MR) is 82.8 cm³/mol. The summed E-state index contributed by atoms with van der Waals surface area (Å²) in [4.78, 5) is 14.1. The van der Waals surface area contributed by atoms with Gasteiger partial charge in [-0.1, -0.05) is 44.2 Å². The summed E-state index contributed by atoms with van der Waals surface area (Å²) in [5, 5.41) is 1.30. The highest BCUT2D eigenvalue weighted by Crippen LogP contribution is 2.28. The van der Waals surface area contributed by atoms with Gasteiger partial charge in [0.2, 0.25) is 0 Å². The molecule has 0 N–H and O–H groups in total. The van der Waals surface area contributed by atoms with Gasteiger partial charge in [0.05, 0.1) is 5.41 Å². The first-order chi connectivity index (χ1) is 9.03. The zero-order valence-electron chi connectivity index (χ0n) is 12.0. The van der Waals surface area contributed by atoms with Crippen molar-refractivity contribution in [2.24, 2.45) is 0 Å². The maximum Gasteiger partial charge on any atom is 0.131 e. The molecule has 3 atom stereocenters. The Bertz CT molecular complexity index is 412. The second kappa shape index (κ2) is 6.10. The van der Waals surface area contributed by atoms with Crippen LogP contribution >= 0.6 is 11.8 Å². The molecular weight excluding hydrogens is 254 g/mol. The monoisotopic (exact) mass is 277 g/mol. The number of carbonyl (C=O) groups is 1. The predicted octanol–water partition coefficient (Wildman–Crippen LogP) is 2.97. The molecule has 19 heavy (non-hydrogen) atoms. The number of thioether (sulfide) groups is 1. The van der Waals surface area contributed by atoms with E-state index in [-0.39, 0.29) is 0 Å². The Hall–Kier alpha value is -0.800. The number of carbonyl (C=O) groups excluding carboxylic acids is 1. The lowest BCUT2D eigenvalue weighted by Gasteiger charge is -2.38. The average molecular weight is 277 g/mol. The molecule has 1 aromatic rings. The molecule has 1 aliphatic rings. The molecule has 1 fully saturated rings. The second-order valence-electron chi connectivity index (χ2n) is 5.85. The summed E-state index contributed by atoms with van der Waals surface area (Å²) in [6, 6.07) is 10.1. The molecule has 104 valence electrons. The number of hydrogen-bond donors (Lipinski definition) is 0. The fraction of sp³-hybridized carbons (Fsp3) is 0.562. The third-order valence-corrected chi connectivity index (χ3v) is 4.97. The van der Waals surface area contributed by atoms with Gasteiger partial charge in [-0.3, -0.25) is 4.90 Å². The van der Waals surface area contributed by atoms with Crippen LogP contribution in [0.3, 0.4) is 0 Å². The Labute approximate surface area is 120 Å². The molecule has 0 amide bonds. The van der Waals surface area contributed by atoms with Crippen LogP contribution < -0.4 is 0 Å². The normalized spacial score (nSPS) is 27.7. The molecular formula is C16H23NOS. The largest absolute Gasteiger partial charge is 0.302 e. The first-order valence-electron chi connectivity index (χ1n) is 6.93. The summed E-state index contributed by atoms with van der Waals surface area (Å²) in [5.74, 6) is 0. The molecule has 1 aliphatic heterocycles. The Morgan fingerprint density at radius 1 is 1.26 bits per heavy atom. The zero-order chi connectivity index (χ0) is 13.9. The summed E-state index contributed by atoms with van der Waals surface area (Å²) in [6.07, 6.45) is 1.11. The quantitative estimate of drug-likeness (QED) is 0.789. The maximum atomic E-state index is 11.6. The van der Waals surface area contributed by atoms with E-state index in [0.717, 1.165) is 31.5 Å². The van der Waals surface area contributed by atoms with Crippen molar-refractivity contribution < 1.29 is 4.79 Å². The van der Waals surface area contributed by atoms with Crippen LogP contribution in [-0.4, -0.2) is 41.3 Å². The van der Waals surface area contributed by atoms with Crippen molar-refractivity contribution in [3.05, 3.63) is 35.9 Å². The van der Waals surface area contributed by atoms with Crippen molar-refractivity contribution in [1.82, 2.24) is 4.90 Å². The first kappa shape index (κ1) is 14.6. The molecule has 3 heteroatoms. The van der Waals surface area contributed by atoms with E-state index in [1.165, 1.54) is 0 Å². The molecule has 1 saturated heterocycles. The minimum absolute atomic E-state index is 0.400. The minimum Gasteiger partial charge on any atom is -0.302 e. The molecule has 1 aromatic carbocycles. The highest BCUT2D eigenvalue weighted by atomic mass is 32.2. The topological polar surface area (TPSA) is 20.3 Å². The van der Waals surface area contributed by atoms with Crippen LogP contribution in [0.5, 0.6) is 0 Å². The van der Waals surface area contributed by atoms with Gasteiger partial charge in [-0.2, -0.15) is 11.8 Å². The fourth-order valence-electron chi connectivity index (χ4n) is 2.89. The fourth-order valence-corrected chi connectivity index (χ4v) is 4.28. The summed E-state index contributed by atoms with van der Waals surface area (Å²) in [7, 11) is 0. The van der Waals surface area contributed by atoms with Crippen molar-refractivity contribution in [2.45, 2.75) is 36.7 Å². The Balaban J connectivity index is 2.12. The molecule has 2 nitrogen and oxygen atoms in total. The summed E-state index contributed by atoms with van der Waals surface area (Å²) < 4.78 is 0. The van der Waals surface area contributed by atoms with Gasteiger partial charge in [0.25, 0.3) is 0 Å². The lowest BCUT2D eigenvalue weighted by atomic mass is 9.83. The molecule has 1 heterocycles. The zero-order valence-corrected chi connectivity index (χ0v) is 12.8. The lowest BCUT2D eigenvalue weighted by Crippen LogP contribution is -2.47. The minimum atomic E-state index is -0.400. The van der Waals surface area contributed by atoms with E-state index in [2.05, 4.69) is 30.9 Å². The van der Waals surface area contributed by atoms with Gasteiger partial charge in [0.15, 0.2) is 0 Å². The van der Waals surface area contributed by atoms with Crippen molar-refractivity contribution in [1.29, 1.82) is 0 Å². The smallest absolute Gasteiger partial charge is 0.131 e. The van der Waals surface area contributed by atoms with E-state index in [0.29, 0.717) is 10.5 Å². The van der Waals surface area contributed by atoms with E-state index in [9.17, 15) is 4.79 Å². The molecule has 0 radical (unpaired) electrons. The first-order valence-corrected chi connectivity index (χ1v) is 7.87. The average Bonchev–Trinajstić information content (AvgIpc) is 2.38. The van der Waals surface area contributed by atoms with Gasteiger partial charge in [-0.15, -0.1) is 0 Å². The Kier molecular flexibility index (Phi) is 4.69. The summed E-state index contributed by atoms with van der Waals surface area (Å²) in [6.45, 7) is 9.56. The molecule has 0 aliphatic carbocycles. The van der Waals surface area contributed by atoms with Crippen LogP contribution in [0.1, 0.15) is 26.3 Å². The van der Waals surface area contributed by atoms with Crippen LogP contribution in [0.4, 0.5) is 0 Å². The molecule has 2 rings (SSSR count). The van der Waals surface area contributed by atoms with Gasteiger partial charge in [0, 0.05) is 30.1 Å². The number of benzene rings is 1. The molecule has 0 spiro atoms. The van der Waals surface area contributed by atoms with Crippen LogP contribution in [0, 0.1) is 0 Å². The van der Waals surface area contributed by atoms with Crippen LogP contribution in [0.25, 0.3) is 0 Å². The van der Waals surface area contributed by atoms with Crippen molar-refractivity contribution in [3.8, 4) is 0 Å². The Morgan fingerprint density at radius 2 is 1.84 bits per heavy atom. The van der Waals surface area contributed by atoms with Crippen molar-refractivity contribution in [2.75, 3.05) is 19.6 Å². The van der Waals surface area contributed by atoms with Gasteiger partial charge in [-0.25, -0.2) is 0 Å². The standard InChI is InChI=1S/C16H23NOS/c1-13-9-17(10-14(2)19-13)11-16(3,12-18)15-7-5-4-6-8-15/h4-8,12-14H,9-11H2,1-3H3. The van der Waals surface area contributed by atoms with E-state index < -0.39 is 5.41 Å². The lowest BCUT2D eigenvalue weighted by molar-refractivity contribution is -0.112. The van der Waals surface area contributed by atoms with Gasteiger partial charge in [0.1, 0.15) is 6.29 Å². The number of hydrogen-bond acceptors (Lipinski definition) is 3. The van der Waals surface area contributed by atoms with E-state index >= 15 is 0 Å². The maximum absolute atomic E-state index is 11.6. The SMILES string of the molecule is CC1CN(CC(C)(C=O)c2ccccc2)CC(C)S1. The molecule has 0 aromatic heterocycles. The number of nitrogens with zero attached hydrogens (tertiary/aromatic N) is 1. The molecule has 0 bridgehead atoms. The number of aldehydes is 1. The van der Waals surface area contributed by atoms with Gasteiger partial charge >= 0.3 is 0 Å². The third kappa shape index (κ3) is 3.61. The molecule has 0 saturated carbocycles.